The Kier molecular flexibility index (Phi) is 4.37. The largest absolute Gasteiger partial charge is 0.465 e. The third-order valence-electron chi connectivity index (χ3n) is 3.97. The number of hydrogen-bond acceptors (Lipinski definition) is 5. The molecule has 0 spiro atoms. The number of esters is 1. The van der Waals surface area contributed by atoms with Crippen molar-refractivity contribution in [1.82, 2.24) is 0 Å². The summed E-state index contributed by atoms with van der Waals surface area (Å²) in [6.45, 7) is 4.18. The van der Waals surface area contributed by atoms with Crippen LogP contribution in [-0.4, -0.2) is 33.2 Å². The van der Waals surface area contributed by atoms with Gasteiger partial charge in [0.15, 0.2) is 0 Å². The van der Waals surface area contributed by atoms with Crippen LogP contribution in [0.25, 0.3) is 0 Å². The van der Waals surface area contributed by atoms with Crippen LogP contribution in [-0.2, 0) is 4.74 Å². The first kappa shape index (κ1) is 14.5. The molecule has 5 heteroatoms. The second-order valence-corrected chi connectivity index (χ2v) is 5.37. The Labute approximate surface area is 120 Å². The van der Waals surface area contributed by atoms with Crippen molar-refractivity contribution >= 4 is 23.0 Å². The molecule has 1 heterocycles. The summed E-state index contributed by atoms with van der Waals surface area (Å²) in [5.41, 5.74) is 8.80. The number of carbonyl (C=O) groups excluding carboxylic acids is 1. The van der Waals surface area contributed by atoms with E-state index in [0.29, 0.717) is 11.3 Å². The van der Waals surface area contributed by atoms with Crippen LogP contribution < -0.4 is 16.0 Å². The molecule has 0 unspecified atom stereocenters. The van der Waals surface area contributed by atoms with E-state index >= 15 is 0 Å². The van der Waals surface area contributed by atoms with Gasteiger partial charge in [0.2, 0.25) is 0 Å². The summed E-state index contributed by atoms with van der Waals surface area (Å²) >= 11 is 0. The lowest BCUT2D eigenvalue weighted by Crippen LogP contribution is -2.34. The van der Waals surface area contributed by atoms with Crippen LogP contribution in [0.5, 0.6) is 0 Å². The first-order valence-electron chi connectivity index (χ1n) is 7.01. The van der Waals surface area contributed by atoms with E-state index in [9.17, 15) is 4.79 Å². The van der Waals surface area contributed by atoms with Crippen LogP contribution in [0.15, 0.2) is 12.1 Å². The van der Waals surface area contributed by atoms with Gasteiger partial charge in [0.25, 0.3) is 0 Å². The lowest BCUT2D eigenvalue weighted by molar-refractivity contribution is 0.0601. The molecule has 1 aromatic carbocycles. The number of carbonyl (C=O) groups is 1. The van der Waals surface area contributed by atoms with E-state index in [1.807, 2.05) is 13.1 Å². The molecule has 110 valence electrons. The summed E-state index contributed by atoms with van der Waals surface area (Å²) in [7, 11) is 3.22. The minimum atomic E-state index is -0.340. The fourth-order valence-corrected chi connectivity index (χ4v) is 2.61. The summed E-state index contributed by atoms with van der Waals surface area (Å²) < 4.78 is 4.88. The minimum absolute atomic E-state index is 0.340. The van der Waals surface area contributed by atoms with Crippen molar-refractivity contribution in [3.05, 3.63) is 17.7 Å². The molecule has 0 bridgehead atoms. The molecule has 2 rings (SSSR count). The Morgan fingerprint density at radius 2 is 2.05 bits per heavy atom. The molecule has 5 nitrogen and oxygen atoms in total. The maximum Gasteiger partial charge on any atom is 0.340 e. The van der Waals surface area contributed by atoms with Gasteiger partial charge in [-0.3, -0.25) is 0 Å². The van der Waals surface area contributed by atoms with E-state index in [4.69, 9.17) is 10.5 Å². The van der Waals surface area contributed by atoms with Crippen LogP contribution in [0, 0.1) is 5.92 Å². The van der Waals surface area contributed by atoms with E-state index < -0.39 is 0 Å². The number of nitrogens with zero attached hydrogens (tertiary/aromatic N) is 1. The number of nitrogen functional groups attached to an aromatic ring is 1. The predicted molar refractivity (Wildman–Crippen MR) is 82.4 cm³/mol. The Morgan fingerprint density at radius 3 is 2.60 bits per heavy atom. The average Bonchev–Trinajstić information content (AvgIpc) is 2.47. The van der Waals surface area contributed by atoms with Crippen LogP contribution in [0.3, 0.4) is 0 Å². The number of piperidine rings is 1. The summed E-state index contributed by atoms with van der Waals surface area (Å²) in [5, 5.41) is 3.06. The number of benzene rings is 1. The Hall–Kier alpha value is -1.91. The number of hydrogen-bond donors (Lipinski definition) is 2. The number of methoxy groups -OCH3 is 1. The second kappa shape index (κ2) is 6.03. The van der Waals surface area contributed by atoms with Gasteiger partial charge in [-0.05, 0) is 30.9 Å². The summed E-state index contributed by atoms with van der Waals surface area (Å²) in [6.07, 6.45) is 2.28. The zero-order chi connectivity index (χ0) is 14.7. The van der Waals surface area contributed by atoms with E-state index in [0.717, 1.165) is 43.2 Å². The molecular weight excluding hydrogens is 254 g/mol. The third kappa shape index (κ3) is 2.81. The molecule has 1 fully saturated rings. The molecule has 1 aliphatic heterocycles. The highest BCUT2D eigenvalue weighted by Gasteiger charge is 2.22. The standard InChI is InChI=1S/C15H23N3O2/c1-10-4-6-18(7-5-10)14-9-13(17-2)12(16)8-11(14)15(19)20-3/h8-10,17H,4-7,16H2,1-3H3. The van der Waals surface area contributed by atoms with Crippen molar-refractivity contribution in [1.29, 1.82) is 0 Å². The molecule has 1 saturated heterocycles. The fraction of sp³-hybridized carbons (Fsp3) is 0.533. The van der Waals surface area contributed by atoms with Crippen LogP contribution in [0.4, 0.5) is 17.1 Å². The number of anilines is 3. The molecule has 1 aromatic rings. The maximum atomic E-state index is 12.0. The van der Waals surface area contributed by atoms with Crippen LogP contribution in [0.2, 0.25) is 0 Å². The number of nitrogens with two attached hydrogens (primary N) is 1. The van der Waals surface area contributed by atoms with E-state index in [1.54, 1.807) is 6.07 Å². The lowest BCUT2D eigenvalue weighted by atomic mass is 9.97. The quantitative estimate of drug-likeness (QED) is 0.655. The zero-order valence-electron chi connectivity index (χ0n) is 12.4. The highest BCUT2D eigenvalue weighted by Crippen LogP contribution is 2.33. The molecule has 0 radical (unpaired) electrons. The summed E-state index contributed by atoms with van der Waals surface area (Å²) in [4.78, 5) is 14.2. The van der Waals surface area contributed by atoms with Crippen molar-refractivity contribution in [3.63, 3.8) is 0 Å². The number of nitrogens with one attached hydrogen (secondary N) is 1. The number of ether oxygens (including phenoxy) is 1. The molecule has 0 saturated carbocycles. The fourth-order valence-electron chi connectivity index (χ4n) is 2.61. The Morgan fingerprint density at radius 1 is 1.40 bits per heavy atom. The number of rotatable bonds is 3. The van der Waals surface area contributed by atoms with Gasteiger partial charge in [-0.25, -0.2) is 4.79 Å². The Balaban J connectivity index is 2.40. The van der Waals surface area contributed by atoms with Crippen molar-refractivity contribution < 1.29 is 9.53 Å². The maximum absolute atomic E-state index is 12.0. The molecule has 0 atom stereocenters. The molecule has 0 amide bonds. The van der Waals surface area contributed by atoms with Crippen molar-refractivity contribution in [2.45, 2.75) is 19.8 Å². The summed E-state index contributed by atoms with van der Waals surface area (Å²) in [6, 6.07) is 3.64. The molecule has 0 aliphatic carbocycles. The van der Waals surface area contributed by atoms with Crippen LogP contribution >= 0.6 is 0 Å². The third-order valence-corrected chi connectivity index (χ3v) is 3.97. The molecular formula is C15H23N3O2. The molecule has 0 aromatic heterocycles. The van der Waals surface area contributed by atoms with E-state index in [2.05, 4.69) is 17.1 Å². The minimum Gasteiger partial charge on any atom is -0.465 e. The van der Waals surface area contributed by atoms with Gasteiger partial charge in [0.05, 0.1) is 29.7 Å². The predicted octanol–water partition coefficient (Wildman–Crippen LogP) is 2.33. The molecule has 1 aliphatic rings. The lowest BCUT2D eigenvalue weighted by Gasteiger charge is -2.33. The zero-order valence-corrected chi connectivity index (χ0v) is 12.4. The normalized spacial score (nSPS) is 16.1. The summed E-state index contributed by atoms with van der Waals surface area (Å²) in [5.74, 6) is 0.401. The van der Waals surface area contributed by atoms with Gasteiger partial charge in [0, 0.05) is 20.1 Å². The van der Waals surface area contributed by atoms with E-state index in [1.165, 1.54) is 7.11 Å². The van der Waals surface area contributed by atoms with Gasteiger partial charge in [0.1, 0.15) is 0 Å². The van der Waals surface area contributed by atoms with Crippen molar-refractivity contribution in [2.75, 3.05) is 43.2 Å². The first-order valence-corrected chi connectivity index (χ1v) is 7.01. The van der Waals surface area contributed by atoms with Gasteiger partial charge in [-0.15, -0.1) is 0 Å². The second-order valence-electron chi connectivity index (χ2n) is 5.37. The van der Waals surface area contributed by atoms with Crippen molar-refractivity contribution in [3.8, 4) is 0 Å². The van der Waals surface area contributed by atoms with E-state index in [-0.39, 0.29) is 5.97 Å². The first-order chi connectivity index (χ1) is 9.56. The molecule has 3 N–H and O–H groups in total. The highest BCUT2D eigenvalue weighted by molar-refractivity contribution is 5.99. The topological polar surface area (TPSA) is 67.6 Å². The smallest absolute Gasteiger partial charge is 0.340 e. The average molecular weight is 277 g/mol. The monoisotopic (exact) mass is 277 g/mol. The van der Waals surface area contributed by atoms with Gasteiger partial charge >= 0.3 is 5.97 Å². The SMILES string of the molecule is CNc1cc(N2CCC(C)CC2)c(C(=O)OC)cc1N. The highest BCUT2D eigenvalue weighted by atomic mass is 16.5. The van der Waals surface area contributed by atoms with Crippen LogP contribution in [0.1, 0.15) is 30.1 Å². The van der Waals surface area contributed by atoms with Gasteiger partial charge in [-0.1, -0.05) is 6.92 Å². The Bertz CT molecular complexity index is 494. The van der Waals surface area contributed by atoms with Gasteiger partial charge < -0.3 is 20.7 Å². The molecule has 20 heavy (non-hydrogen) atoms. The van der Waals surface area contributed by atoms with Crippen molar-refractivity contribution in [2.24, 2.45) is 5.92 Å². The van der Waals surface area contributed by atoms with Gasteiger partial charge in [-0.2, -0.15) is 0 Å².